The topological polar surface area (TPSA) is 73.2 Å². The molecule has 1 heterocycles. The number of piperazine rings is 1. The Labute approximate surface area is 105 Å². The van der Waals surface area contributed by atoms with Gasteiger partial charge in [-0.3, -0.25) is 19.8 Å². The van der Waals surface area contributed by atoms with E-state index in [2.05, 4.69) is 11.4 Å². The molecule has 0 aromatic heterocycles. The second-order valence-electron chi connectivity index (χ2n) is 4.31. The smallest absolute Gasteiger partial charge is 0.243 e. The number of nitrogens with one attached hydrogen (secondary N) is 1. The summed E-state index contributed by atoms with van der Waals surface area (Å²) in [7, 11) is 0. The number of carbonyl (C=O) groups excluding carboxylic acids is 2. The zero-order valence-corrected chi connectivity index (χ0v) is 10.0. The molecule has 0 aliphatic carbocycles. The van der Waals surface area contributed by atoms with Crippen molar-refractivity contribution >= 4 is 11.8 Å². The predicted molar refractivity (Wildman–Crippen MR) is 64.2 cm³/mol. The monoisotopic (exact) mass is 243 g/mol. The second kappa shape index (κ2) is 4.98. The van der Waals surface area contributed by atoms with Crippen LogP contribution in [0.1, 0.15) is 18.1 Å². The Hall–Kier alpha value is -2.19. The molecule has 2 rings (SSSR count). The molecule has 5 heteroatoms. The lowest BCUT2D eigenvalue weighted by molar-refractivity contribution is -0.139. The van der Waals surface area contributed by atoms with Gasteiger partial charge in [-0.15, -0.1) is 0 Å². The Bertz CT molecular complexity index is 533. The summed E-state index contributed by atoms with van der Waals surface area (Å²) in [6.07, 6.45) is 0. The fraction of sp³-hybridized carbons (Fsp3) is 0.308. The number of carbonyl (C=O) groups is 2. The van der Waals surface area contributed by atoms with Gasteiger partial charge in [-0.1, -0.05) is 12.1 Å². The van der Waals surface area contributed by atoms with E-state index in [0.29, 0.717) is 12.1 Å². The van der Waals surface area contributed by atoms with E-state index in [4.69, 9.17) is 5.26 Å². The molecule has 5 nitrogen and oxygen atoms in total. The van der Waals surface area contributed by atoms with Gasteiger partial charge in [0.1, 0.15) is 0 Å². The van der Waals surface area contributed by atoms with Crippen molar-refractivity contribution in [2.24, 2.45) is 0 Å². The third kappa shape index (κ3) is 2.55. The molecule has 2 amide bonds. The predicted octanol–water partition coefficient (Wildman–Crippen LogP) is 0.405. The Kier molecular flexibility index (Phi) is 3.40. The SMILES string of the molecule is CC1C(=O)NC(=O)CN1Cc1cccc(C#N)c1. The summed E-state index contributed by atoms with van der Waals surface area (Å²) in [5.74, 6) is -0.558. The van der Waals surface area contributed by atoms with Gasteiger partial charge in [-0.2, -0.15) is 5.26 Å². The first-order chi connectivity index (χ1) is 8.60. The molecule has 1 aliphatic heterocycles. The number of imide groups is 1. The lowest BCUT2D eigenvalue weighted by atomic mass is 10.1. The van der Waals surface area contributed by atoms with E-state index in [9.17, 15) is 9.59 Å². The molecule has 1 aromatic rings. The third-order valence-corrected chi connectivity index (χ3v) is 2.98. The number of hydrogen-bond acceptors (Lipinski definition) is 4. The second-order valence-corrected chi connectivity index (χ2v) is 4.31. The highest BCUT2D eigenvalue weighted by molar-refractivity contribution is 6.00. The van der Waals surface area contributed by atoms with Crippen LogP contribution >= 0.6 is 0 Å². The molecule has 1 aromatic carbocycles. The van der Waals surface area contributed by atoms with E-state index in [1.165, 1.54) is 0 Å². The van der Waals surface area contributed by atoms with E-state index < -0.39 is 0 Å². The Morgan fingerprint density at radius 1 is 1.50 bits per heavy atom. The molecule has 18 heavy (non-hydrogen) atoms. The van der Waals surface area contributed by atoms with Crippen molar-refractivity contribution in [3.63, 3.8) is 0 Å². The number of hydrogen-bond donors (Lipinski definition) is 1. The van der Waals surface area contributed by atoms with Gasteiger partial charge in [-0.05, 0) is 24.6 Å². The molecular formula is C13H13N3O2. The van der Waals surface area contributed by atoms with Gasteiger partial charge < -0.3 is 0 Å². The molecule has 1 N–H and O–H groups in total. The minimum atomic E-state index is -0.339. The maximum absolute atomic E-state index is 11.5. The molecule has 0 saturated carbocycles. The van der Waals surface area contributed by atoms with Crippen LogP contribution in [-0.4, -0.2) is 29.3 Å². The summed E-state index contributed by atoms with van der Waals surface area (Å²) in [6, 6.07) is 8.90. The van der Waals surface area contributed by atoms with Crippen LogP contribution in [0.5, 0.6) is 0 Å². The molecule has 92 valence electrons. The van der Waals surface area contributed by atoms with Crippen LogP contribution in [0.15, 0.2) is 24.3 Å². The van der Waals surface area contributed by atoms with Gasteiger partial charge >= 0.3 is 0 Å². The lowest BCUT2D eigenvalue weighted by Crippen LogP contribution is -2.56. The molecular weight excluding hydrogens is 230 g/mol. The Morgan fingerprint density at radius 2 is 2.28 bits per heavy atom. The zero-order valence-electron chi connectivity index (χ0n) is 10.0. The van der Waals surface area contributed by atoms with E-state index in [-0.39, 0.29) is 24.4 Å². The van der Waals surface area contributed by atoms with Crippen LogP contribution in [0.3, 0.4) is 0 Å². The van der Waals surface area contributed by atoms with Crippen molar-refractivity contribution in [2.75, 3.05) is 6.54 Å². The molecule has 0 spiro atoms. The molecule has 1 fully saturated rings. The number of rotatable bonds is 2. The van der Waals surface area contributed by atoms with Gasteiger partial charge in [0.2, 0.25) is 11.8 Å². The summed E-state index contributed by atoms with van der Waals surface area (Å²) < 4.78 is 0. The standard InChI is InChI=1S/C13H13N3O2/c1-9-13(18)15-12(17)8-16(9)7-11-4-2-3-10(5-11)6-14/h2-5,9H,7-8H2,1H3,(H,15,17,18). The summed E-state index contributed by atoms with van der Waals surface area (Å²) >= 11 is 0. The maximum atomic E-state index is 11.5. The van der Waals surface area contributed by atoms with Crippen LogP contribution < -0.4 is 5.32 Å². The van der Waals surface area contributed by atoms with E-state index in [0.717, 1.165) is 5.56 Å². The average molecular weight is 243 g/mol. The molecule has 0 bridgehead atoms. The Morgan fingerprint density at radius 3 is 3.00 bits per heavy atom. The van der Waals surface area contributed by atoms with Crippen molar-refractivity contribution in [1.82, 2.24) is 10.2 Å². The molecule has 1 unspecified atom stereocenters. The van der Waals surface area contributed by atoms with Gasteiger partial charge in [0.05, 0.1) is 24.2 Å². The van der Waals surface area contributed by atoms with Crippen molar-refractivity contribution in [1.29, 1.82) is 5.26 Å². The summed E-state index contributed by atoms with van der Waals surface area (Å²) in [6.45, 7) is 2.44. The Balaban J connectivity index is 2.15. The van der Waals surface area contributed by atoms with E-state index in [1.807, 2.05) is 6.07 Å². The van der Waals surface area contributed by atoms with E-state index in [1.54, 1.807) is 30.0 Å². The van der Waals surface area contributed by atoms with Crippen LogP contribution in [0, 0.1) is 11.3 Å². The van der Waals surface area contributed by atoms with Crippen molar-refractivity contribution in [2.45, 2.75) is 19.5 Å². The first-order valence-electron chi connectivity index (χ1n) is 5.67. The molecule has 1 aliphatic rings. The normalized spacial score (nSPS) is 20.3. The van der Waals surface area contributed by atoms with Crippen LogP contribution in [0.2, 0.25) is 0 Å². The van der Waals surface area contributed by atoms with Gasteiger partial charge in [0.15, 0.2) is 0 Å². The summed E-state index contributed by atoms with van der Waals surface area (Å²) in [5.41, 5.74) is 1.50. The summed E-state index contributed by atoms with van der Waals surface area (Å²) in [5, 5.41) is 11.1. The highest BCUT2D eigenvalue weighted by Crippen LogP contribution is 2.12. The van der Waals surface area contributed by atoms with Crippen LogP contribution in [-0.2, 0) is 16.1 Å². The number of nitrogens with zero attached hydrogens (tertiary/aromatic N) is 2. The highest BCUT2D eigenvalue weighted by Gasteiger charge is 2.29. The lowest BCUT2D eigenvalue weighted by Gasteiger charge is -2.31. The van der Waals surface area contributed by atoms with Crippen molar-refractivity contribution < 1.29 is 9.59 Å². The number of benzene rings is 1. The van der Waals surface area contributed by atoms with Gasteiger partial charge in [-0.25, -0.2) is 0 Å². The van der Waals surface area contributed by atoms with Gasteiger partial charge in [0.25, 0.3) is 0 Å². The maximum Gasteiger partial charge on any atom is 0.243 e. The van der Waals surface area contributed by atoms with Crippen molar-refractivity contribution in [3.05, 3.63) is 35.4 Å². The third-order valence-electron chi connectivity index (χ3n) is 2.98. The zero-order chi connectivity index (χ0) is 13.1. The highest BCUT2D eigenvalue weighted by atomic mass is 16.2. The quantitative estimate of drug-likeness (QED) is 0.763. The van der Waals surface area contributed by atoms with Crippen LogP contribution in [0.4, 0.5) is 0 Å². The minimum Gasteiger partial charge on any atom is -0.294 e. The first-order valence-corrected chi connectivity index (χ1v) is 5.67. The number of nitriles is 1. The van der Waals surface area contributed by atoms with Gasteiger partial charge in [0, 0.05) is 6.54 Å². The number of amides is 2. The summed E-state index contributed by atoms with van der Waals surface area (Å²) in [4.78, 5) is 24.6. The molecule has 1 atom stereocenters. The fourth-order valence-electron chi connectivity index (χ4n) is 1.94. The van der Waals surface area contributed by atoms with Crippen molar-refractivity contribution in [3.8, 4) is 6.07 Å². The fourth-order valence-corrected chi connectivity index (χ4v) is 1.94. The first kappa shape index (κ1) is 12.3. The molecule has 0 radical (unpaired) electrons. The minimum absolute atomic E-state index is 0.198. The average Bonchev–Trinajstić information content (AvgIpc) is 2.35. The molecule has 1 saturated heterocycles. The van der Waals surface area contributed by atoms with Crippen LogP contribution in [0.25, 0.3) is 0 Å². The van der Waals surface area contributed by atoms with E-state index >= 15 is 0 Å². The largest absolute Gasteiger partial charge is 0.294 e.